The van der Waals surface area contributed by atoms with E-state index in [1.165, 1.54) is 11.1 Å². The van der Waals surface area contributed by atoms with Crippen LogP contribution in [0.4, 0.5) is 0 Å². The molecule has 0 heterocycles. The summed E-state index contributed by atoms with van der Waals surface area (Å²) in [5.41, 5.74) is 2.58. The first-order valence-corrected chi connectivity index (χ1v) is 7.70. The third kappa shape index (κ3) is 5.24. The highest BCUT2D eigenvalue weighted by Gasteiger charge is 2.13. The SMILES string of the molecule is Cc1cccc(CCCNC(=O)C(C)Oc2ccccc2)c1. The standard InChI is InChI=1S/C19H23NO2/c1-15-8-6-9-17(14-15)10-7-13-20-19(21)16(2)22-18-11-4-3-5-12-18/h3-6,8-9,11-12,14,16H,7,10,13H2,1-2H3,(H,20,21). The highest BCUT2D eigenvalue weighted by molar-refractivity contribution is 5.80. The lowest BCUT2D eigenvalue weighted by molar-refractivity contribution is -0.127. The van der Waals surface area contributed by atoms with Gasteiger partial charge in [0, 0.05) is 6.54 Å². The minimum absolute atomic E-state index is 0.0758. The van der Waals surface area contributed by atoms with Crippen LogP contribution in [-0.2, 0) is 11.2 Å². The number of hydrogen-bond donors (Lipinski definition) is 1. The molecule has 22 heavy (non-hydrogen) atoms. The molecule has 116 valence electrons. The summed E-state index contributed by atoms with van der Waals surface area (Å²) < 4.78 is 5.60. The quantitative estimate of drug-likeness (QED) is 0.794. The average Bonchev–Trinajstić information content (AvgIpc) is 2.52. The van der Waals surface area contributed by atoms with Crippen molar-refractivity contribution >= 4 is 5.91 Å². The van der Waals surface area contributed by atoms with E-state index in [4.69, 9.17) is 4.74 Å². The van der Waals surface area contributed by atoms with Crippen LogP contribution in [0.2, 0.25) is 0 Å². The molecule has 0 aliphatic rings. The lowest BCUT2D eigenvalue weighted by Crippen LogP contribution is -2.36. The van der Waals surface area contributed by atoms with Crippen LogP contribution in [-0.4, -0.2) is 18.6 Å². The van der Waals surface area contributed by atoms with Crippen molar-refractivity contribution in [1.82, 2.24) is 5.32 Å². The summed E-state index contributed by atoms with van der Waals surface area (Å²) in [6.45, 7) is 4.52. The topological polar surface area (TPSA) is 38.3 Å². The Kier molecular flexibility index (Phi) is 6.01. The highest BCUT2D eigenvalue weighted by atomic mass is 16.5. The molecular formula is C19H23NO2. The molecule has 0 aliphatic heterocycles. The Labute approximate surface area is 132 Å². The van der Waals surface area contributed by atoms with Gasteiger partial charge in [-0.15, -0.1) is 0 Å². The number of aryl methyl sites for hydroxylation is 2. The average molecular weight is 297 g/mol. The van der Waals surface area contributed by atoms with Gasteiger partial charge in [0.25, 0.3) is 5.91 Å². The molecule has 0 saturated carbocycles. The molecule has 1 unspecified atom stereocenters. The predicted molar refractivity (Wildman–Crippen MR) is 89.0 cm³/mol. The lowest BCUT2D eigenvalue weighted by Gasteiger charge is -2.14. The van der Waals surface area contributed by atoms with Crippen LogP contribution in [0.5, 0.6) is 5.75 Å². The first-order valence-electron chi connectivity index (χ1n) is 7.70. The number of amides is 1. The van der Waals surface area contributed by atoms with Crippen molar-refractivity contribution < 1.29 is 9.53 Å². The zero-order chi connectivity index (χ0) is 15.8. The van der Waals surface area contributed by atoms with Gasteiger partial charge in [-0.05, 0) is 44.4 Å². The number of carbonyl (C=O) groups excluding carboxylic acids is 1. The molecule has 0 bridgehead atoms. The Bertz CT molecular complexity index is 595. The number of benzene rings is 2. The zero-order valence-corrected chi connectivity index (χ0v) is 13.2. The Morgan fingerprint density at radius 2 is 1.91 bits per heavy atom. The Morgan fingerprint density at radius 3 is 2.64 bits per heavy atom. The van der Waals surface area contributed by atoms with E-state index >= 15 is 0 Å². The Hall–Kier alpha value is -2.29. The van der Waals surface area contributed by atoms with Crippen LogP contribution in [0.3, 0.4) is 0 Å². The summed E-state index contributed by atoms with van der Waals surface area (Å²) in [4.78, 5) is 12.0. The van der Waals surface area contributed by atoms with Crippen molar-refractivity contribution in [2.75, 3.05) is 6.54 Å². The number of rotatable bonds is 7. The number of carbonyl (C=O) groups is 1. The normalized spacial score (nSPS) is 11.7. The lowest BCUT2D eigenvalue weighted by atomic mass is 10.1. The monoisotopic (exact) mass is 297 g/mol. The van der Waals surface area contributed by atoms with Crippen LogP contribution in [0.15, 0.2) is 54.6 Å². The molecule has 0 aliphatic carbocycles. The minimum Gasteiger partial charge on any atom is -0.481 e. The maximum absolute atomic E-state index is 12.0. The maximum atomic E-state index is 12.0. The van der Waals surface area contributed by atoms with Crippen molar-refractivity contribution in [2.24, 2.45) is 0 Å². The molecule has 0 radical (unpaired) electrons. The molecule has 0 fully saturated rings. The van der Waals surface area contributed by atoms with Crippen molar-refractivity contribution in [3.05, 3.63) is 65.7 Å². The second-order valence-electron chi connectivity index (χ2n) is 5.46. The van der Waals surface area contributed by atoms with Crippen LogP contribution >= 0.6 is 0 Å². The van der Waals surface area contributed by atoms with Gasteiger partial charge in [0.05, 0.1) is 0 Å². The number of ether oxygens (including phenoxy) is 1. The molecule has 3 heteroatoms. The van der Waals surface area contributed by atoms with E-state index in [1.807, 2.05) is 30.3 Å². The summed E-state index contributed by atoms with van der Waals surface area (Å²) in [7, 11) is 0. The first kappa shape index (κ1) is 16.1. The number of nitrogens with one attached hydrogen (secondary N) is 1. The molecule has 2 aromatic carbocycles. The van der Waals surface area contributed by atoms with Crippen molar-refractivity contribution in [3.63, 3.8) is 0 Å². The van der Waals surface area contributed by atoms with Gasteiger partial charge in [-0.3, -0.25) is 4.79 Å². The molecule has 0 aromatic heterocycles. The van der Waals surface area contributed by atoms with Gasteiger partial charge in [0.15, 0.2) is 6.10 Å². The van der Waals surface area contributed by atoms with Crippen LogP contribution in [0.25, 0.3) is 0 Å². The van der Waals surface area contributed by atoms with Gasteiger partial charge in [-0.1, -0.05) is 48.0 Å². The molecule has 1 N–H and O–H groups in total. The predicted octanol–water partition coefficient (Wildman–Crippen LogP) is 3.51. The third-order valence-electron chi connectivity index (χ3n) is 3.45. The highest BCUT2D eigenvalue weighted by Crippen LogP contribution is 2.11. The van der Waals surface area contributed by atoms with E-state index in [2.05, 4.69) is 36.5 Å². The van der Waals surface area contributed by atoms with Crippen LogP contribution in [0, 0.1) is 6.92 Å². The van der Waals surface area contributed by atoms with Gasteiger partial charge >= 0.3 is 0 Å². The minimum atomic E-state index is -0.485. The Morgan fingerprint density at radius 1 is 1.14 bits per heavy atom. The van der Waals surface area contributed by atoms with Gasteiger partial charge in [-0.2, -0.15) is 0 Å². The smallest absolute Gasteiger partial charge is 0.260 e. The fourth-order valence-electron chi connectivity index (χ4n) is 2.27. The fraction of sp³-hybridized carbons (Fsp3) is 0.316. The van der Waals surface area contributed by atoms with Crippen LogP contribution < -0.4 is 10.1 Å². The molecule has 1 amide bonds. The molecule has 0 spiro atoms. The fourth-order valence-corrected chi connectivity index (χ4v) is 2.27. The van der Waals surface area contributed by atoms with Gasteiger partial charge in [0.2, 0.25) is 0 Å². The molecule has 1 atom stereocenters. The maximum Gasteiger partial charge on any atom is 0.260 e. The van der Waals surface area contributed by atoms with E-state index in [-0.39, 0.29) is 5.91 Å². The number of hydrogen-bond acceptors (Lipinski definition) is 2. The largest absolute Gasteiger partial charge is 0.481 e. The summed E-state index contributed by atoms with van der Waals surface area (Å²) >= 11 is 0. The molecule has 0 saturated heterocycles. The summed E-state index contributed by atoms with van der Waals surface area (Å²) in [6, 6.07) is 17.9. The van der Waals surface area contributed by atoms with Crippen LogP contribution in [0.1, 0.15) is 24.5 Å². The van der Waals surface area contributed by atoms with E-state index in [1.54, 1.807) is 6.92 Å². The molecular weight excluding hydrogens is 274 g/mol. The molecule has 2 aromatic rings. The van der Waals surface area contributed by atoms with Gasteiger partial charge in [-0.25, -0.2) is 0 Å². The molecule has 3 nitrogen and oxygen atoms in total. The van der Waals surface area contributed by atoms with E-state index in [0.29, 0.717) is 12.3 Å². The van der Waals surface area contributed by atoms with E-state index < -0.39 is 6.10 Å². The zero-order valence-electron chi connectivity index (χ0n) is 13.2. The summed E-state index contributed by atoms with van der Waals surface area (Å²) in [5.74, 6) is 0.637. The third-order valence-corrected chi connectivity index (χ3v) is 3.45. The van der Waals surface area contributed by atoms with E-state index in [0.717, 1.165) is 12.8 Å². The summed E-state index contributed by atoms with van der Waals surface area (Å²) in [5, 5.41) is 2.92. The summed E-state index contributed by atoms with van der Waals surface area (Å²) in [6.07, 6.45) is 1.41. The van der Waals surface area contributed by atoms with Crippen molar-refractivity contribution in [2.45, 2.75) is 32.8 Å². The first-order chi connectivity index (χ1) is 10.6. The van der Waals surface area contributed by atoms with Gasteiger partial charge < -0.3 is 10.1 Å². The van der Waals surface area contributed by atoms with E-state index in [9.17, 15) is 4.79 Å². The second-order valence-corrected chi connectivity index (χ2v) is 5.46. The van der Waals surface area contributed by atoms with Gasteiger partial charge in [0.1, 0.15) is 5.75 Å². The Balaban J connectivity index is 1.69. The second kappa shape index (κ2) is 8.23. The number of para-hydroxylation sites is 1. The van der Waals surface area contributed by atoms with Crippen molar-refractivity contribution in [3.8, 4) is 5.75 Å². The van der Waals surface area contributed by atoms with Crippen molar-refractivity contribution in [1.29, 1.82) is 0 Å². The molecule has 2 rings (SSSR count).